The Labute approximate surface area is 253 Å². The fraction of sp³-hybridized carbons (Fsp3) is 0.457. The summed E-state index contributed by atoms with van der Waals surface area (Å²) < 4.78 is 60.9. The van der Waals surface area contributed by atoms with Crippen molar-refractivity contribution in [1.29, 1.82) is 0 Å². The highest BCUT2D eigenvalue weighted by atomic mass is 19.4. The molecule has 0 fully saturated rings. The number of allylic oxidation sites excluding steroid dienone is 7. The van der Waals surface area contributed by atoms with E-state index in [4.69, 9.17) is 4.74 Å². The molecule has 0 aliphatic carbocycles. The molecule has 1 aromatic rings. The topological polar surface area (TPSA) is 49.8 Å². The molecular formula is C35H45F4NO3. The van der Waals surface area contributed by atoms with Crippen molar-refractivity contribution in [2.24, 2.45) is 0 Å². The summed E-state index contributed by atoms with van der Waals surface area (Å²) in [5.41, 5.74) is 5.64. The number of aliphatic carboxylic acids is 1. The molecule has 0 saturated carbocycles. The Morgan fingerprint density at radius 1 is 1.21 bits per heavy atom. The number of alkyl halides is 3. The number of hydrogen-bond acceptors (Lipinski definition) is 3. The third-order valence-electron chi connectivity index (χ3n) is 7.77. The van der Waals surface area contributed by atoms with Gasteiger partial charge in [0.1, 0.15) is 0 Å². The van der Waals surface area contributed by atoms with Crippen LogP contribution in [-0.2, 0) is 11.2 Å². The number of fused-ring (bicyclic) bond motifs is 1. The second-order valence-corrected chi connectivity index (χ2v) is 11.1. The largest absolute Gasteiger partial charge is 0.490 e. The van der Waals surface area contributed by atoms with Gasteiger partial charge in [-0.05, 0) is 119 Å². The predicted molar refractivity (Wildman–Crippen MR) is 167 cm³/mol. The van der Waals surface area contributed by atoms with E-state index in [1.54, 1.807) is 6.92 Å². The van der Waals surface area contributed by atoms with Crippen molar-refractivity contribution in [3.8, 4) is 5.75 Å². The number of carbonyl (C=O) groups is 1. The van der Waals surface area contributed by atoms with Crippen LogP contribution >= 0.6 is 0 Å². The van der Waals surface area contributed by atoms with E-state index in [0.717, 1.165) is 40.8 Å². The quantitative estimate of drug-likeness (QED) is 0.170. The number of rotatable bonds is 14. The first-order chi connectivity index (χ1) is 20.2. The van der Waals surface area contributed by atoms with Gasteiger partial charge in [0.05, 0.1) is 18.6 Å². The molecule has 0 bridgehead atoms. The maximum Gasteiger partial charge on any atom is 0.416 e. The first-order valence-electron chi connectivity index (χ1n) is 14.7. The number of ether oxygens (including phenoxy) is 1. The third-order valence-corrected chi connectivity index (χ3v) is 7.77. The van der Waals surface area contributed by atoms with Gasteiger partial charge >= 0.3 is 12.1 Å². The van der Waals surface area contributed by atoms with Crippen LogP contribution in [0.3, 0.4) is 0 Å². The zero-order valence-corrected chi connectivity index (χ0v) is 26.3. The summed E-state index contributed by atoms with van der Waals surface area (Å²) in [7, 11) is 0. The van der Waals surface area contributed by atoms with Gasteiger partial charge in [0.15, 0.2) is 11.6 Å². The lowest BCUT2D eigenvalue weighted by atomic mass is 9.82. The van der Waals surface area contributed by atoms with Crippen LogP contribution in [0.25, 0.3) is 5.57 Å². The highest BCUT2D eigenvalue weighted by Gasteiger charge is 2.31. The average Bonchev–Trinajstić information content (AvgIpc) is 2.94. The van der Waals surface area contributed by atoms with Gasteiger partial charge in [0, 0.05) is 12.1 Å². The highest BCUT2D eigenvalue weighted by Crippen LogP contribution is 2.41. The van der Waals surface area contributed by atoms with Crippen LogP contribution in [0, 0.1) is 12.7 Å². The summed E-state index contributed by atoms with van der Waals surface area (Å²) in [5, 5.41) is 9.83. The Morgan fingerprint density at radius 3 is 2.40 bits per heavy atom. The second-order valence-electron chi connectivity index (χ2n) is 11.1. The monoisotopic (exact) mass is 603 g/mol. The van der Waals surface area contributed by atoms with Crippen LogP contribution in [0.4, 0.5) is 17.6 Å². The molecule has 0 unspecified atom stereocenters. The number of carboxylic acid groups (broad SMARTS) is 1. The average molecular weight is 604 g/mol. The number of nitrogens with zero attached hydrogens (tertiary/aromatic N) is 1. The van der Waals surface area contributed by atoms with E-state index in [2.05, 4.69) is 18.1 Å². The number of carboxylic acids is 1. The minimum absolute atomic E-state index is 0.258. The number of halogens is 4. The Balaban J connectivity index is 2.55. The maximum atomic E-state index is 15.5. The van der Waals surface area contributed by atoms with Gasteiger partial charge in [-0.1, -0.05) is 43.4 Å². The number of hydrogen-bond donors (Lipinski definition) is 1. The first-order valence-corrected chi connectivity index (χ1v) is 14.7. The summed E-state index contributed by atoms with van der Waals surface area (Å²) in [6, 6.07) is 1.44. The summed E-state index contributed by atoms with van der Waals surface area (Å²) >= 11 is 0. The van der Waals surface area contributed by atoms with Crippen LogP contribution in [0.2, 0.25) is 0 Å². The second kappa shape index (κ2) is 15.9. The van der Waals surface area contributed by atoms with Gasteiger partial charge in [0.25, 0.3) is 0 Å². The molecule has 0 aromatic heterocycles. The molecule has 0 amide bonds. The lowest BCUT2D eigenvalue weighted by Crippen LogP contribution is -2.28. The van der Waals surface area contributed by atoms with E-state index >= 15 is 4.39 Å². The molecule has 0 atom stereocenters. The molecular weight excluding hydrogens is 558 g/mol. The Morgan fingerprint density at radius 2 is 1.88 bits per heavy atom. The van der Waals surface area contributed by atoms with Crippen molar-refractivity contribution < 1.29 is 32.2 Å². The lowest BCUT2D eigenvalue weighted by molar-refractivity contribution is -0.136. The number of benzene rings is 1. The van der Waals surface area contributed by atoms with Crippen molar-refractivity contribution in [1.82, 2.24) is 4.90 Å². The van der Waals surface area contributed by atoms with Crippen LogP contribution in [0.15, 0.2) is 70.9 Å². The van der Waals surface area contributed by atoms with Gasteiger partial charge in [-0.3, -0.25) is 9.69 Å². The summed E-state index contributed by atoms with van der Waals surface area (Å²) in [6.07, 6.45) is 1.34. The molecule has 1 aliphatic rings. The first kappa shape index (κ1) is 35.8. The Bertz CT molecular complexity index is 1340. The van der Waals surface area contributed by atoms with Crippen LogP contribution in [-0.4, -0.2) is 48.4 Å². The lowest BCUT2D eigenvalue weighted by Gasteiger charge is -2.29. The minimum atomic E-state index is -4.43. The minimum Gasteiger partial charge on any atom is -0.490 e. The van der Waals surface area contributed by atoms with E-state index < -0.39 is 23.5 Å². The Hall–Kier alpha value is -3.39. The van der Waals surface area contributed by atoms with E-state index in [9.17, 15) is 23.1 Å². The SMILES string of the molecule is C=C/C(=C\C(=C/C)C(F)(F)F)CCCN(CC)CC(=C(C)C)/C(=C(/CC(=O)O)C(=C)C)c1cc(F)c2c(c1C)CCCO2. The van der Waals surface area contributed by atoms with Crippen LogP contribution < -0.4 is 4.74 Å². The molecule has 1 aliphatic heterocycles. The van der Waals surface area contributed by atoms with E-state index in [0.29, 0.717) is 73.4 Å². The van der Waals surface area contributed by atoms with Gasteiger partial charge in [-0.15, -0.1) is 0 Å². The third kappa shape index (κ3) is 9.55. The zero-order valence-electron chi connectivity index (χ0n) is 26.3. The van der Waals surface area contributed by atoms with Crippen molar-refractivity contribution in [2.75, 3.05) is 26.2 Å². The highest BCUT2D eigenvalue weighted by molar-refractivity contribution is 5.90. The molecule has 43 heavy (non-hydrogen) atoms. The molecule has 1 aromatic carbocycles. The van der Waals surface area contributed by atoms with Crippen molar-refractivity contribution >= 4 is 11.5 Å². The summed E-state index contributed by atoms with van der Waals surface area (Å²) in [5.74, 6) is -1.24. The van der Waals surface area contributed by atoms with Gasteiger partial charge in [-0.2, -0.15) is 13.2 Å². The van der Waals surface area contributed by atoms with E-state index in [1.165, 1.54) is 19.1 Å². The van der Waals surface area contributed by atoms with Crippen LogP contribution in [0.5, 0.6) is 5.75 Å². The molecule has 1 N–H and O–H groups in total. The van der Waals surface area contributed by atoms with Gasteiger partial charge in [0.2, 0.25) is 0 Å². The van der Waals surface area contributed by atoms with Gasteiger partial charge in [-0.25, -0.2) is 4.39 Å². The molecule has 8 heteroatoms. The normalized spacial score (nSPS) is 14.6. The molecule has 2 rings (SSSR count). The fourth-order valence-electron chi connectivity index (χ4n) is 5.36. The summed E-state index contributed by atoms with van der Waals surface area (Å²) in [6.45, 7) is 20.8. The van der Waals surface area contributed by atoms with Crippen molar-refractivity contribution in [3.05, 3.63) is 93.4 Å². The van der Waals surface area contributed by atoms with Crippen molar-refractivity contribution in [2.45, 2.75) is 79.8 Å². The fourth-order valence-corrected chi connectivity index (χ4v) is 5.36. The van der Waals surface area contributed by atoms with Crippen LogP contribution in [0.1, 0.15) is 77.0 Å². The molecule has 0 saturated heterocycles. The standard InChI is InChI=1S/C35H45F4NO3/c1-9-25(18-26(10-2)35(37,38)39)14-12-16-40(11-3)21-30(23(6)7)33(28(22(4)5)20-32(41)42)29-19-31(36)34-27(24(29)8)15-13-17-43-34/h9-10,18-19H,1,4,11-17,20-21H2,2-3,5-8H3,(H,41,42)/b25-18+,26-10+,33-28-. The van der Waals surface area contributed by atoms with E-state index in [1.807, 2.05) is 27.7 Å². The predicted octanol–water partition coefficient (Wildman–Crippen LogP) is 9.32. The van der Waals surface area contributed by atoms with E-state index in [-0.39, 0.29) is 12.2 Å². The Kier molecular flexibility index (Phi) is 13.2. The number of likely N-dealkylation sites (N-methyl/N-ethyl adjacent to an activating group) is 1. The van der Waals surface area contributed by atoms with Crippen molar-refractivity contribution in [3.63, 3.8) is 0 Å². The molecule has 4 nitrogen and oxygen atoms in total. The molecule has 0 spiro atoms. The molecule has 0 radical (unpaired) electrons. The molecule has 1 heterocycles. The summed E-state index contributed by atoms with van der Waals surface area (Å²) in [4.78, 5) is 14.2. The van der Waals surface area contributed by atoms with Gasteiger partial charge < -0.3 is 9.84 Å². The zero-order chi connectivity index (χ0) is 32.5. The smallest absolute Gasteiger partial charge is 0.416 e. The molecule has 236 valence electrons. The maximum absolute atomic E-state index is 15.5.